The lowest BCUT2D eigenvalue weighted by Crippen LogP contribution is -2.24. The second-order valence-corrected chi connectivity index (χ2v) is 6.97. The topological polar surface area (TPSA) is 107 Å². The van der Waals surface area contributed by atoms with E-state index in [9.17, 15) is 9.59 Å². The number of nitrogens with one attached hydrogen (secondary N) is 2. The van der Waals surface area contributed by atoms with Crippen LogP contribution in [0.1, 0.15) is 12.5 Å². The zero-order valence-electron chi connectivity index (χ0n) is 16.2. The van der Waals surface area contributed by atoms with Crippen molar-refractivity contribution in [2.75, 3.05) is 24.9 Å². The second kappa shape index (κ2) is 8.03. The Morgan fingerprint density at radius 1 is 1.20 bits per heavy atom. The fourth-order valence-electron chi connectivity index (χ4n) is 3.11. The highest BCUT2D eigenvalue weighted by Crippen LogP contribution is 2.31. The van der Waals surface area contributed by atoms with Gasteiger partial charge in [0.2, 0.25) is 11.9 Å². The van der Waals surface area contributed by atoms with Crippen molar-refractivity contribution in [1.29, 1.82) is 0 Å². The SMILES string of the molecule is COc1ccc(NC(=O)CC2C(=O)Nc3nc(-c4ccc(Cl)cc4)nn32)c(OC)c1. The first-order chi connectivity index (χ1) is 14.5. The van der Waals surface area contributed by atoms with Crippen LogP contribution in [0.25, 0.3) is 11.4 Å². The number of ether oxygens (including phenoxy) is 2. The van der Waals surface area contributed by atoms with E-state index < -0.39 is 6.04 Å². The molecule has 154 valence electrons. The normalized spacial score (nSPS) is 14.8. The van der Waals surface area contributed by atoms with Crippen LogP contribution in [0, 0.1) is 0 Å². The number of benzene rings is 2. The van der Waals surface area contributed by atoms with E-state index in [0.29, 0.717) is 34.0 Å². The monoisotopic (exact) mass is 427 g/mol. The molecule has 4 rings (SSSR count). The van der Waals surface area contributed by atoms with Gasteiger partial charge in [-0.05, 0) is 36.4 Å². The van der Waals surface area contributed by atoms with Gasteiger partial charge in [-0.15, -0.1) is 5.10 Å². The predicted octanol–water partition coefficient (Wildman–Crippen LogP) is 3.14. The fourth-order valence-corrected chi connectivity index (χ4v) is 3.24. The van der Waals surface area contributed by atoms with Gasteiger partial charge in [0.25, 0.3) is 5.91 Å². The van der Waals surface area contributed by atoms with E-state index >= 15 is 0 Å². The number of nitrogens with zero attached hydrogens (tertiary/aromatic N) is 3. The number of rotatable bonds is 6. The Balaban J connectivity index is 1.51. The average Bonchev–Trinajstić information content (AvgIpc) is 3.27. The molecule has 0 bridgehead atoms. The molecule has 2 aromatic carbocycles. The molecule has 0 aliphatic carbocycles. The maximum absolute atomic E-state index is 12.6. The lowest BCUT2D eigenvalue weighted by molar-refractivity contribution is -0.123. The molecule has 10 heteroatoms. The van der Waals surface area contributed by atoms with Gasteiger partial charge in [-0.25, -0.2) is 4.68 Å². The molecule has 9 nitrogen and oxygen atoms in total. The molecule has 30 heavy (non-hydrogen) atoms. The van der Waals surface area contributed by atoms with Crippen LogP contribution in [0.5, 0.6) is 11.5 Å². The lowest BCUT2D eigenvalue weighted by atomic mass is 10.2. The Bertz CT molecular complexity index is 1110. The van der Waals surface area contributed by atoms with E-state index in [1.54, 1.807) is 49.6 Å². The average molecular weight is 428 g/mol. The van der Waals surface area contributed by atoms with E-state index in [1.807, 2.05) is 0 Å². The van der Waals surface area contributed by atoms with Gasteiger partial charge < -0.3 is 14.8 Å². The van der Waals surface area contributed by atoms with Crippen LogP contribution in [-0.4, -0.2) is 40.8 Å². The van der Waals surface area contributed by atoms with Crippen LogP contribution in [-0.2, 0) is 9.59 Å². The van der Waals surface area contributed by atoms with Gasteiger partial charge in [-0.3, -0.25) is 14.9 Å². The van der Waals surface area contributed by atoms with Gasteiger partial charge in [-0.2, -0.15) is 4.98 Å². The van der Waals surface area contributed by atoms with Crippen LogP contribution >= 0.6 is 11.6 Å². The van der Waals surface area contributed by atoms with E-state index in [4.69, 9.17) is 21.1 Å². The highest BCUT2D eigenvalue weighted by Gasteiger charge is 2.35. The molecule has 1 unspecified atom stereocenters. The molecule has 1 aliphatic heterocycles. The van der Waals surface area contributed by atoms with Gasteiger partial charge in [0.05, 0.1) is 26.3 Å². The number of hydrogen-bond acceptors (Lipinski definition) is 6. The van der Waals surface area contributed by atoms with Gasteiger partial charge in [0.15, 0.2) is 5.82 Å². The third-order valence-electron chi connectivity index (χ3n) is 4.63. The molecular weight excluding hydrogens is 410 g/mol. The van der Waals surface area contributed by atoms with Crippen LogP contribution in [0.3, 0.4) is 0 Å². The summed E-state index contributed by atoms with van der Waals surface area (Å²) in [5.74, 6) is 1.07. The molecule has 2 N–H and O–H groups in total. The zero-order chi connectivity index (χ0) is 21.3. The summed E-state index contributed by atoms with van der Waals surface area (Å²) in [5, 5.41) is 10.4. The number of carbonyl (C=O) groups is 2. The van der Waals surface area contributed by atoms with E-state index in [1.165, 1.54) is 11.8 Å². The van der Waals surface area contributed by atoms with Crippen molar-refractivity contribution in [1.82, 2.24) is 14.8 Å². The van der Waals surface area contributed by atoms with Crippen LogP contribution < -0.4 is 20.1 Å². The Kier molecular flexibility index (Phi) is 5.28. The molecule has 2 heterocycles. The largest absolute Gasteiger partial charge is 0.497 e. The number of methoxy groups -OCH3 is 2. The Labute approximate surface area is 177 Å². The van der Waals surface area contributed by atoms with Crippen LogP contribution in [0.4, 0.5) is 11.6 Å². The summed E-state index contributed by atoms with van der Waals surface area (Å²) >= 11 is 5.92. The summed E-state index contributed by atoms with van der Waals surface area (Å²) in [6.07, 6.45) is -0.114. The van der Waals surface area contributed by atoms with Crippen molar-refractivity contribution < 1.29 is 19.1 Å². The molecule has 1 aromatic heterocycles. The molecule has 2 amide bonds. The highest BCUT2D eigenvalue weighted by atomic mass is 35.5. The molecule has 1 aliphatic rings. The van der Waals surface area contributed by atoms with E-state index in [-0.39, 0.29) is 18.2 Å². The Morgan fingerprint density at radius 2 is 1.97 bits per heavy atom. The molecule has 0 saturated heterocycles. The minimum atomic E-state index is -0.808. The summed E-state index contributed by atoms with van der Waals surface area (Å²) < 4.78 is 11.9. The maximum Gasteiger partial charge on any atom is 0.252 e. The first-order valence-electron chi connectivity index (χ1n) is 9.03. The van der Waals surface area contributed by atoms with Crippen molar-refractivity contribution in [3.05, 3.63) is 47.5 Å². The summed E-state index contributed by atoms with van der Waals surface area (Å²) in [4.78, 5) is 29.3. The molecule has 0 radical (unpaired) electrons. The van der Waals surface area contributed by atoms with E-state index in [0.717, 1.165) is 5.56 Å². The molecule has 0 saturated carbocycles. The number of anilines is 2. The minimum absolute atomic E-state index is 0.114. The molecule has 3 aromatic rings. The van der Waals surface area contributed by atoms with Crippen molar-refractivity contribution in [2.45, 2.75) is 12.5 Å². The number of carbonyl (C=O) groups excluding carboxylic acids is 2. The summed E-state index contributed by atoms with van der Waals surface area (Å²) in [7, 11) is 3.04. The first kappa shape index (κ1) is 19.7. The Morgan fingerprint density at radius 3 is 2.67 bits per heavy atom. The quantitative estimate of drug-likeness (QED) is 0.625. The Hall–Kier alpha value is -3.59. The third kappa shape index (κ3) is 3.79. The zero-order valence-corrected chi connectivity index (χ0v) is 16.9. The predicted molar refractivity (Wildman–Crippen MR) is 111 cm³/mol. The molecule has 0 fully saturated rings. The summed E-state index contributed by atoms with van der Waals surface area (Å²) in [5.41, 5.74) is 1.23. The number of halogens is 1. The number of hydrogen-bond donors (Lipinski definition) is 2. The number of fused-ring (bicyclic) bond motifs is 1. The second-order valence-electron chi connectivity index (χ2n) is 6.53. The van der Waals surface area contributed by atoms with Crippen molar-refractivity contribution in [3.8, 4) is 22.9 Å². The smallest absolute Gasteiger partial charge is 0.252 e. The van der Waals surface area contributed by atoms with Crippen LogP contribution in [0.15, 0.2) is 42.5 Å². The number of amides is 2. The number of aromatic nitrogens is 3. The summed E-state index contributed by atoms with van der Waals surface area (Å²) in [6, 6.07) is 11.3. The van der Waals surface area contributed by atoms with Gasteiger partial charge >= 0.3 is 0 Å². The summed E-state index contributed by atoms with van der Waals surface area (Å²) in [6.45, 7) is 0. The van der Waals surface area contributed by atoms with Gasteiger partial charge in [0.1, 0.15) is 17.5 Å². The highest BCUT2D eigenvalue weighted by molar-refractivity contribution is 6.30. The van der Waals surface area contributed by atoms with E-state index in [2.05, 4.69) is 20.7 Å². The molecular formula is C20H18ClN5O4. The van der Waals surface area contributed by atoms with Crippen molar-refractivity contribution >= 4 is 35.1 Å². The first-order valence-corrected chi connectivity index (χ1v) is 9.41. The van der Waals surface area contributed by atoms with Gasteiger partial charge in [-0.1, -0.05) is 11.6 Å². The maximum atomic E-state index is 12.6. The van der Waals surface area contributed by atoms with Gasteiger partial charge in [0, 0.05) is 16.7 Å². The molecule has 1 atom stereocenters. The fraction of sp³-hybridized carbons (Fsp3) is 0.200. The standard InChI is InChI=1S/C20H18ClN5O4/c1-29-13-7-8-14(16(9-13)30-2)22-17(27)10-15-19(28)24-20-23-18(25-26(15)20)11-3-5-12(21)6-4-11/h3-9,15H,10H2,1-2H3,(H,22,27)(H,23,24,25,28). The third-order valence-corrected chi connectivity index (χ3v) is 4.88. The van der Waals surface area contributed by atoms with Crippen LogP contribution in [0.2, 0.25) is 5.02 Å². The molecule has 0 spiro atoms. The van der Waals surface area contributed by atoms with Crippen molar-refractivity contribution in [3.63, 3.8) is 0 Å². The lowest BCUT2D eigenvalue weighted by Gasteiger charge is -2.13. The minimum Gasteiger partial charge on any atom is -0.497 e. The van der Waals surface area contributed by atoms with Crippen molar-refractivity contribution in [2.24, 2.45) is 0 Å².